The van der Waals surface area contributed by atoms with Crippen LogP contribution in [0.3, 0.4) is 0 Å². The largest absolute Gasteiger partial charge is 0.240 e. The molecule has 0 spiro atoms. The molecular formula is C13H20BrNO2S. The van der Waals surface area contributed by atoms with Gasteiger partial charge in [0.05, 0.1) is 4.90 Å². The van der Waals surface area contributed by atoms with Gasteiger partial charge in [-0.1, -0.05) is 35.8 Å². The fourth-order valence-corrected chi connectivity index (χ4v) is 2.91. The number of alkyl halides is 1. The number of aryl methyl sites for hydroxylation is 2. The summed E-state index contributed by atoms with van der Waals surface area (Å²) in [5.41, 5.74) is 2.08. The SMILES string of the molecule is Cc1ccc(S(=O)(=O)NCC(Br)C(C)C)cc1C. The number of hydrogen-bond donors (Lipinski definition) is 1. The van der Waals surface area contributed by atoms with Gasteiger partial charge in [0.25, 0.3) is 0 Å². The van der Waals surface area contributed by atoms with Crippen LogP contribution < -0.4 is 4.72 Å². The Hall–Kier alpha value is -0.390. The van der Waals surface area contributed by atoms with Gasteiger partial charge in [-0.15, -0.1) is 0 Å². The standard InChI is InChI=1S/C13H20BrNO2S/c1-9(2)13(14)8-15-18(16,17)12-6-5-10(3)11(4)7-12/h5-7,9,13,15H,8H2,1-4H3. The van der Waals surface area contributed by atoms with Crippen LogP contribution in [0.1, 0.15) is 25.0 Å². The lowest BCUT2D eigenvalue weighted by Gasteiger charge is -2.15. The maximum Gasteiger partial charge on any atom is 0.240 e. The van der Waals surface area contributed by atoms with Gasteiger partial charge in [-0.25, -0.2) is 13.1 Å². The Balaban J connectivity index is 2.83. The van der Waals surface area contributed by atoms with E-state index >= 15 is 0 Å². The second kappa shape index (κ2) is 6.17. The Morgan fingerprint density at radius 2 is 1.83 bits per heavy atom. The highest BCUT2D eigenvalue weighted by molar-refractivity contribution is 9.09. The summed E-state index contributed by atoms with van der Waals surface area (Å²) in [4.78, 5) is 0.466. The van der Waals surface area contributed by atoms with Gasteiger partial charge in [-0.05, 0) is 43.0 Å². The third-order valence-corrected chi connectivity index (χ3v) is 5.78. The number of nitrogens with one attached hydrogen (secondary N) is 1. The van der Waals surface area contributed by atoms with Crippen LogP contribution in [0.25, 0.3) is 0 Å². The number of halogens is 1. The Kier molecular flexibility index (Phi) is 5.37. The summed E-state index contributed by atoms with van der Waals surface area (Å²) in [6, 6.07) is 5.18. The summed E-state index contributed by atoms with van der Waals surface area (Å²) in [5.74, 6) is 0.382. The molecule has 1 atom stereocenters. The second-order valence-electron chi connectivity index (χ2n) is 4.86. The zero-order valence-electron chi connectivity index (χ0n) is 11.2. The van der Waals surface area contributed by atoms with Gasteiger partial charge in [0, 0.05) is 11.4 Å². The van der Waals surface area contributed by atoms with Crippen LogP contribution in [0.5, 0.6) is 0 Å². The maximum atomic E-state index is 12.1. The van der Waals surface area contributed by atoms with E-state index in [4.69, 9.17) is 0 Å². The molecule has 0 amide bonds. The molecule has 0 radical (unpaired) electrons. The smallest absolute Gasteiger partial charge is 0.210 e. The fraction of sp³-hybridized carbons (Fsp3) is 0.538. The van der Waals surface area contributed by atoms with Gasteiger partial charge < -0.3 is 0 Å². The van der Waals surface area contributed by atoms with E-state index in [-0.39, 0.29) is 4.83 Å². The number of hydrogen-bond acceptors (Lipinski definition) is 2. The average molecular weight is 334 g/mol. The van der Waals surface area contributed by atoms with E-state index in [2.05, 4.69) is 20.7 Å². The van der Waals surface area contributed by atoms with Crippen molar-refractivity contribution in [2.24, 2.45) is 5.92 Å². The fourth-order valence-electron chi connectivity index (χ4n) is 1.39. The molecule has 1 rings (SSSR count). The molecule has 0 saturated heterocycles. The summed E-state index contributed by atoms with van der Waals surface area (Å²) < 4.78 is 26.8. The van der Waals surface area contributed by atoms with E-state index in [1.165, 1.54) is 0 Å². The summed E-state index contributed by atoms with van der Waals surface area (Å²) in [6.45, 7) is 8.36. The van der Waals surface area contributed by atoms with Crippen molar-refractivity contribution in [2.45, 2.75) is 37.4 Å². The molecule has 3 nitrogen and oxygen atoms in total. The Morgan fingerprint density at radius 1 is 1.22 bits per heavy atom. The molecule has 102 valence electrons. The molecular weight excluding hydrogens is 314 g/mol. The van der Waals surface area contributed by atoms with E-state index < -0.39 is 10.0 Å². The van der Waals surface area contributed by atoms with Crippen molar-refractivity contribution in [1.82, 2.24) is 4.72 Å². The molecule has 1 unspecified atom stereocenters. The Bertz CT molecular complexity index is 512. The highest BCUT2D eigenvalue weighted by atomic mass is 79.9. The predicted octanol–water partition coefficient (Wildman–Crippen LogP) is 3.00. The molecule has 18 heavy (non-hydrogen) atoms. The van der Waals surface area contributed by atoms with Crippen molar-refractivity contribution in [1.29, 1.82) is 0 Å². The zero-order chi connectivity index (χ0) is 13.9. The normalized spacial score (nSPS) is 13.9. The summed E-state index contributed by atoms with van der Waals surface area (Å²) in [6.07, 6.45) is 0. The highest BCUT2D eigenvalue weighted by Crippen LogP contribution is 2.16. The maximum absolute atomic E-state index is 12.1. The first kappa shape index (κ1) is 15.7. The Morgan fingerprint density at radius 3 is 2.33 bits per heavy atom. The molecule has 1 N–H and O–H groups in total. The first-order valence-electron chi connectivity index (χ1n) is 5.95. The highest BCUT2D eigenvalue weighted by Gasteiger charge is 2.17. The van der Waals surface area contributed by atoms with Crippen LogP contribution in [-0.2, 0) is 10.0 Å². The van der Waals surface area contributed by atoms with Crippen LogP contribution in [0.2, 0.25) is 0 Å². The van der Waals surface area contributed by atoms with Gasteiger partial charge in [0.1, 0.15) is 0 Å². The quantitative estimate of drug-likeness (QED) is 0.842. The molecule has 1 aromatic carbocycles. The van der Waals surface area contributed by atoms with E-state index in [0.29, 0.717) is 17.4 Å². The molecule has 5 heteroatoms. The average Bonchev–Trinajstić information content (AvgIpc) is 2.29. The van der Waals surface area contributed by atoms with Crippen LogP contribution >= 0.6 is 15.9 Å². The number of benzene rings is 1. The van der Waals surface area contributed by atoms with Gasteiger partial charge in [0.2, 0.25) is 10.0 Å². The number of sulfonamides is 1. The first-order chi connectivity index (χ1) is 8.24. The minimum atomic E-state index is -3.41. The predicted molar refractivity (Wildman–Crippen MR) is 78.7 cm³/mol. The number of rotatable bonds is 5. The van der Waals surface area contributed by atoms with Gasteiger partial charge in [-0.3, -0.25) is 0 Å². The van der Waals surface area contributed by atoms with E-state index in [1.54, 1.807) is 12.1 Å². The molecule has 0 aliphatic heterocycles. The molecule has 1 aromatic rings. The molecule has 0 fully saturated rings. The van der Waals surface area contributed by atoms with E-state index in [9.17, 15) is 8.42 Å². The van der Waals surface area contributed by atoms with E-state index in [0.717, 1.165) is 11.1 Å². The molecule has 0 saturated carbocycles. The van der Waals surface area contributed by atoms with Crippen LogP contribution in [-0.4, -0.2) is 19.8 Å². The summed E-state index contributed by atoms with van der Waals surface area (Å²) in [5, 5.41) is 0. The minimum Gasteiger partial charge on any atom is -0.210 e. The van der Waals surface area contributed by atoms with E-state index in [1.807, 2.05) is 33.8 Å². The van der Waals surface area contributed by atoms with Crippen LogP contribution in [0.4, 0.5) is 0 Å². The van der Waals surface area contributed by atoms with Crippen molar-refractivity contribution >= 4 is 26.0 Å². The molecule has 0 bridgehead atoms. The first-order valence-corrected chi connectivity index (χ1v) is 8.35. The zero-order valence-corrected chi connectivity index (χ0v) is 13.6. The van der Waals surface area contributed by atoms with Crippen LogP contribution in [0, 0.1) is 19.8 Å². The second-order valence-corrected chi connectivity index (χ2v) is 7.80. The van der Waals surface area contributed by atoms with Gasteiger partial charge in [-0.2, -0.15) is 0 Å². The molecule has 0 heterocycles. The van der Waals surface area contributed by atoms with Crippen molar-refractivity contribution in [3.8, 4) is 0 Å². The monoisotopic (exact) mass is 333 g/mol. The van der Waals surface area contributed by atoms with Crippen molar-refractivity contribution in [3.63, 3.8) is 0 Å². The minimum absolute atomic E-state index is 0.138. The van der Waals surface area contributed by atoms with Crippen molar-refractivity contribution in [3.05, 3.63) is 29.3 Å². The van der Waals surface area contributed by atoms with Gasteiger partial charge in [0.15, 0.2) is 0 Å². The van der Waals surface area contributed by atoms with Crippen molar-refractivity contribution < 1.29 is 8.42 Å². The van der Waals surface area contributed by atoms with Crippen molar-refractivity contribution in [2.75, 3.05) is 6.54 Å². The lowest BCUT2D eigenvalue weighted by atomic mass is 10.1. The summed E-state index contributed by atoms with van der Waals surface area (Å²) in [7, 11) is -3.41. The topological polar surface area (TPSA) is 46.2 Å². The summed E-state index contributed by atoms with van der Waals surface area (Å²) >= 11 is 3.47. The molecule has 0 aliphatic rings. The Labute approximate surface area is 118 Å². The third kappa shape index (κ3) is 4.07. The third-order valence-electron chi connectivity index (χ3n) is 2.98. The van der Waals surface area contributed by atoms with Gasteiger partial charge >= 0.3 is 0 Å². The van der Waals surface area contributed by atoms with Crippen LogP contribution in [0.15, 0.2) is 23.1 Å². The lowest BCUT2D eigenvalue weighted by Crippen LogP contribution is -2.31. The molecule has 0 aliphatic carbocycles. The molecule has 0 aromatic heterocycles. The lowest BCUT2D eigenvalue weighted by molar-refractivity contribution is 0.563.